The number of hydrogen-bond donors (Lipinski definition) is 0. The van der Waals surface area contributed by atoms with Crippen molar-refractivity contribution in [3.63, 3.8) is 0 Å². The molecule has 0 spiro atoms. The monoisotopic (exact) mass is 268 g/mol. The van der Waals surface area contributed by atoms with Crippen molar-refractivity contribution in [3.05, 3.63) is 30.1 Å². The van der Waals surface area contributed by atoms with Crippen LogP contribution in [0.25, 0.3) is 0 Å². The molecule has 0 aliphatic heterocycles. The summed E-state index contributed by atoms with van der Waals surface area (Å²) in [5, 5.41) is 0. The molecule has 1 rings (SSSR count). The molecule has 1 aromatic rings. The average Bonchev–Trinajstić information content (AvgIpc) is 2.08. The summed E-state index contributed by atoms with van der Waals surface area (Å²) in [6.07, 6.45) is 0. The molecular weight excluding hydrogens is 264 g/mol. The van der Waals surface area contributed by atoms with Crippen LogP contribution in [0.2, 0.25) is 0 Å². The molecule has 0 amide bonds. The standard InChI is InChI=1S/C7H6FO.BrH.Zn/c1-9-7-4-2-3-6(8)5-7;;/h3-5H,1H3;1H;/q-1;;+2/p-1. The molecule has 1 aromatic carbocycles. The third-order valence-electron chi connectivity index (χ3n) is 0.963. The third-order valence-corrected chi connectivity index (χ3v) is 0.963. The van der Waals surface area contributed by atoms with Gasteiger partial charge in [-0.1, -0.05) is 6.07 Å². The number of halogens is 2. The van der Waals surface area contributed by atoms with Crippen LogP contribution in [0.5, 0.6) is 5.75 Å². The fourth-order valence-corrected chi connectivity index (χ4v) is 0.540. The van der Waals surface area contributed by atoms with Crippen LogP contribution < -0.4 is 4.74 Å². The molecule has 0 unspecified atom stereocenters. The number of rotatable bonds is 1. The van der Waals surface area contributed by atoms with Gasteiger partial charge in [0.25, 0.3) is 0 Å². The molecule has 0 N–H and O–H groups in total. The molecule has 0 aromatic heterocycles. The van der Waals surface area contributed by atoms with Gasteiger partial charge in [-0.3, -0.25) is 4.39 Å². The minimum absolute atomic E-state index is 0.325. The molecule has 4 heteroatoms. The Morgan fingerprint density at radius 2 is 2.18 bits per heavy atom. The predicted octanol–water partition coefficient (Wildman–Crippen LogP) is 2.48. The van der Waals surface area contributed by atoms with Crippen molar-refractivity contribution in [1.82, 2.24) is 0 Å². The molecule has 0 saturated carbocycles. The van der Waals surface area contributed by atoms with Crippen LogP contribution in [-0.2, 0) is 16.3 Å². The Bertz CT molecular complexity index is 207. The van der Waals surface area contributed by atoms with E-state index in [0.717, 1.165) is 0 Å². The summed E-state index contributed by atoms with van der Waals surface area (Å²) >= 11 is 4.25. The minimum atomic E-state index is -0.325. The molecule has 0 fully saturated rings. The van der Waals surface area contributed by atoms with Crippen LogP contribution in [0.3, 0.4) is 0 Å². The average molecular weight is 270 g/mol. The van der Waals surface area contributed by atoms with E-state index in [1.165, 1.54) is 35.6 Å². The van der Waals surface area contributed by atoms with Crippen molar-refractivity contribution in [2.45, 2.75) is 0 Å². The van der Waals surface area contributed by atoms with Crippen LogP contribution in [0, 0.1) is 11.9 Å². The number of hydrogen-bond acceptors (Lipinski definition) is 1. The summed E-state index contributed by atoms with van der Waals surface area (Å²) in [6, 6.07) is 6.71. The molecule has 0 radical (unpaired) electrons. The van der Waals surface area contributed by atoms with Gasteiger partial charge in [-0.25, -0.2) is 0 Å². The van der Waals surface area contributed by atoms with E-state index < -0.39 is 0 Å². The van der Waals surface area contributed by atoms with Gasteiger partial charge in [0, 0.05) is 11.6 Å². The zero-order valence-corrected chi connectivity index (χ0v) is 10.7. The number of methoxy groups -OCH3 is 1. The molecule has 0 bridgehead atoms. The summed E-state index contributed by atoms with van der Waals surface area (Å²) in [6.45, 7) is 0. The Hall–Kier alpha value is 0.0534. The molecular formula is C7H6BrFOZn. The molecule has 0 heterocycles. The Morgan fingerprint density at radius 3 is 2.55 bits per heavy atom. The molecule has 0 atom stereocenters. The van der Waals surface area contributed by atoms with Gasteiger partial charge < -0.3 is 4.74 Å². The first kappa shape index (κ1) is 11.1. The zero-order valence-electron chi connectivity index (χ0n) is 6.10. The Labute approximate surface area is 82.0 Å². The van der Waals surface area contributed by atoms with Crippen molar-refractivity contribution < 1.29 is 25.5 Å². The number of ether oxygens (including phenoxy) is 1. The van der Waals surface area contributed by atoms with Crippen molar-refractivity contribution in [2.75, 3.05) is 7.11 Å². The zero-order chi connectivity index (χ0) is 8.69. The van der Waals surface area contributed by atoms with Crippen LogP contribution in [-0.4, -0.2) is 7.11 Å². The first-order valence-corrected chi connectivity index (χ1v) is 9.75. The maximum absolute atomic E-state index is 12.2. The first-order valence-electron chi connectivity index (χ1n) is 2.80. The van der Waals surface area contributed by atoms with Gasteiger partial charge in [0.15, 0.2) is 0 Å². The SMILES string of the molecule is COc1c[c-]cc(F)c1.[Zn+][Br]. The quantitative estimate of drug-likeness (QED) is 0.563. The van der Waals surface area contributed by atoms with E-state index >= 15 is 0 Å². The van der Waals surface area contributed by atoms with E-state index in [-0.39, 0.29) is 5.82 Å². The van der Waals surface area contributed by atoms with E-state index in [4.69, 9.17) is 4.74 Å². The van der Waals surface area contributed by atoms with E-state index in [2.05, 4.69) is 19.7 Å². The van der Waals surface area contributed by atoms with Crippen LogP contribution in [0.4, 0.5) is 4.39 Å². The van der Waals surface area contributed by atoms with Gasteiger partial charge in [-0.2, -0.15) is 6.07 Å². The summed E-state index contributed by atoms with van der Waals surface area (Å²) in [5.41, 5.74) is 0. The van der Waals surface area contributed by atoms with E-state index in [1.807, 2.05) is 0 Å². The Kier molecular flexibility index (Phi) is 6.78. The van der Waals surface area contributed by atoms with Crippen molar-refractivity contribution in [1.29, 1.82) is 0 Å². The first-order chi connectivity index (χ1) is 5.33. The topological polar surface area (TPSA) is 9.23 Å². The summed E-state index contributed by atoms with van der Waals surface area (Å²) < 4.78 is 17.0. The molecule has 0 saturated heterocycles. The van der Waals surface area contributed by atoms with Gasteiger partial charge in [0.1, 0.15) is 0 Å². The van der Waals surface area contributed by atoms with Crippen molar-refractivity contribution in [2.24, 2.45) is 0 Å². The maximum atomic E-state index is 12.2. The summed E-state index contributed by atoms with van der Waals surface area (Å²) in [4.78, 5) is 0. The van der Waals surface area contributed by atoms with Crippen molar-refractivity contribution in [3.8, 4) is 5.75 Å². The van der Waals surface area contributed by atoms with E-state index in [1.54, 1.807) is 6.07 Å². The normalized spacial score (nSPS) is 8.09. The van der Waals surface area contributed by atoms with Gasteiger partial charge >= 0.3 is 30.0 Å². The van der Waals surface area contributed by atoms with Crippen molar-refractivity contribution >= 4 is 13.6 Å². The summed E-state index contributed by atoms with van der Waals surface area (Å²) in [7, 11) is 1.49. The summed E-state index contributed by atoms with van der Waals surface area (Å²) in [5.74, 6) is 0.171. The predicted molar refractivity (Wildman–Crippen MR) is 40.7 cm³/mol. The number of benzene rings is 1. The second kappa shape index (κ2) is 6.74. The van der Waals surface area contributed by atoms with Gasteiger partial charge in [0.05, 0.1) is 7.11 Å². The van der Waals surface area contributed by atoms with Gasteiger partial charge in [-0.05, 0) is 0 Å². The fraction of sp³-hybridized carbons (Fsp3) is 0.143. The van der Waals surface area contributed by atoms with Crippen LogP contribution in [0.1, 0.15) is 0 Å². The second-order valence-corrected chi connectivity index (χ2v) is 1.59. The molecule has 0 aliphatic carbocycles. The van der Waals surface area contributed by atoms with Gasteiger partial charge in [0.2, 0.25) is 0 Å². The van der Waals surface area contributed by atoms with E-state index in [9.17, 15) is 4.39 Å². The van der Waals surface area contributed by atoms with Gasteiger partial charge in [-0.15, -0.1) is 12.1 Å². The third kappa shape index (κ3) is 4.49. The fourth-order valence-electron chi connectivity index (χ4n) is 0.540. The Balaban J connectivity index is 0.000000461. The molecule has 56 valence electrons. The second-order valence-electron chi connectivity index (χ2n) is 1.59. The van der Waals surface area contributed by atoms with E-state index in [0.29, 0.717) is 5.75 Å². The Morgan fingerprint density at radius 1 is 1.55 bits per heavy atom. The molecule has 0 aliphatic rings. The molecule has 1 nitrogen and oxygen atoms in total. The van der Waals surface area contributed by atoms with Crippen LogP contribution >= 0.6 is 13.6 Å². The van der Waals surface area contributed by atoms with Crippen LogP contribution in [0.15, 0.2) is 18.2 Å². The molecule has 11 heavy (non-hydrogen) atoms.